The maximum Gasteiger partial charge on any atom is 0.229 e. The molecule has 0 radical (unpaired) electrons. The first kappa shape index (κ1) is 18.0. The van der Waals surface area contributed by atoms with Gasteiger partial charge in [0.15, 0.2) is 0 Å². The molecule has 0 spiro atoms. The number of nitrogens with one attached hydrogen (secondary N) is 3. The standard InChI is InChI=1S/C18H15Cl2N5O/c1-11(26)22-12-4-2-5-13(10-12)23-16-8-9-21-18(24-16)25-17-14(19)6-3-7-15(17)20/h2-10H,1H3,(H,22,26)(H2,21,23,24,25). The Hall–Kier alpha value is -2.83. The quantitative estimate of drug-likeness (QED) is 0.558. The number of benzene rings is 2. The van der Waals surface area contributed by atoms with Crippen LogP contribution in [0.1, 0.15) is 6.92 Å². The van der Waals surface area contributed by atoms with Gasteiger partial charge in [-0.25, -0.2) is 4.98 Å². The van der Waals surface area contributed by atoms with E-state index in [1.54, 1.807) is 36.5 Å². The maximum absolute atomic E-state index is 11.2. The third-order valence-electron chi connectivity index (χ3n) is 3.31. The van der Waals surface area contributed by atoms with Crippen molar-refractivity contribution in [1.82, 2.24) is 9.97 Å². The summed E-state index contributed by atoms with van der Waals surface area (Å²) < 4.78 is 0. The van der Waals surface area contributed by atoms with Gasteiger partial charge in [0.2, 0.25) is 11.9 Å². The molecular formula is C18H15Cl2N5O. The van der Waals surface area contributed by atoms with E-state index < -0.39 is 0 Å². The Morgan fingerprint density at radius 2 is 1.65 bits per heavy atom. The number of halogens is 2. The van der Waals surface area contributed by atoms with Crippen molar-refractivity contribution >= 4 is 57.9 Å². The lowest BCUT2D eigenvalue weighted by Gasteiger charge is -2.11. The third kappa shape index (κ3) is 4.62. The molecule has 0 aliphatic rings. The first-order valence-corrected chi connectivity index (χ1v) is 8.45. The Kier molecular flexibility index (Phi) is 5.55. The Balaban J connectivity index is 1.79. The van der Waals surface area contributed by atoms with Crippen molar-refractivity contribution in [3.63, 3.8) is 0 Å². The molecule has 26 heavy (non-hydrogen) atoms. The molecule has 0 unspecified atom stereocenters. The minimum atomic E-state index is -0.132. The summed E-state index contributed by atoms with van der Waals surface area (Å²) in [7, 11) is 0. The van der Waals surface area contributed by atoms with Crippen molar-refractivity contribution in [3.05, 3.63) is 64.8 Å². The third-order valence-corrected chi connectivity index (χ3v) is 3.94. The molecule has 0 atom stereocenters. The molecular weight excluding hydrogens is 373 g/mol. The molecule has 0 saturated carbocycles. The number of hydrogen-bond acceptors (Lipinski definition) is 5. The second kappa shape index (κ2) is 8.03. The van der Waals surface area contributed by atoms with E-state index in [4.69, 9.17) is 23.2 Å². The van der Waals surface area contributed by atoms with E-state index in [0.29, 0.717) is 33.2 Å². The van der Waals surface area contributed by atoms with E-state index in [-0.39, 0.29) is 5.91 Å². The van der Waals surface area contributed by atoms with E-state index in [0.717, 1.165) is 5.69 Å². The first-order valence-electron chi connectivity index (χ1n) is 7.70. The highest BCUT2D eigenvalue weighted by Crippen LogP contribution is 2.31. The van der Waals surface area contributed by atoms with Crippen LogP contribution in [0.2, 0.25) is 10.0 Å². The molecule has 8 heteroatoms. The molecule has 3 N–H and O–H groups in total. The molecule has 3 aromatic rings. The second-order valence-electron chi connectivity index (χ2n) is 5.37. The lowest BCUT2D eigenvalue weighted by atomic mass is 10.2. The summed E-state index contributed by atoms with van der Waals surface area (Å²) in [6.45, 7) is 1.46. The molecule has 1 aromatic heterocycles. The fourth-order valence-corrected chi connectivity index (χ4v) is 2.74. The summed E-state index contributed by atoms with van der Waals surface area (Å²) in [4.78, 5) is 19.8. The summed E-state index contributed by atoms with van der Waals surface area (Å²) >= 11 is 12.3. The molecule has 0 aliphatic carbocycles. The van der Waals surface area contributed by atoms with E-state index in [2.05, 4.69) is 25.9 Å². The van der Waals surface area contributed by atoms with E-state index in [1.807, 2.05) is 18.2 Å². The summed E-state index contributed by atoms with van der Waals surface area (Å²) in [5.41, 5.74) is 2.01. The molecule has 0 bridgehead atoms. The highest BCUT2D eigenvalue weighted by atomic mass is 35.5. The van der Waals surface area contributed by atoms with Gasteiger partial charge < -0.3 is 16.0 Å². The lowest BCUT2D eigenvalue weighted by Crippen LogP contribution is -2.06. The lowest BCUT2D eigenvalue weighted by molar-refractivity contribution is -0.114. The molecule has 2 aromatic carbocycles. The molecule has 1 amide bonds. The number of carbonyl (C=O) groups is 1. The largest absolute Gasteiger partial charge is 0.340 e. The highest BCUT2D eigenvalue weighted by Gasteiger charge is 2.08. The monoisotopic (exact) mass is 387 g/mol. The Morgan fingerprint density at radius 3 is 2.38 bits per heavy atom. The minimum Gasteiger partial charge on any atom is -0.340 e. The van der Waals surface area contributed by atoms with Gasteiger partial charge in [0.05, 0.1) is 15.7 Å². The van der Waals surface area contributed by atoms with Crippen LogP contribution in [-0.4, -0.2) is 15.9 Å². The van der Waals surface area contributed by atoms with Crippen molar-refractivity contribution in [2.24, 2.45) is 0 Å². The fraction of sp³-hybridized carbons (Fsp3) is 0.0556. The fourth-order valence-electron chi connectivity index (χ4n) is 2.24. The molecule has 0 aliphatic heterocycles. The van der Waals surface area contributed by atoms with Crippen LogP contribution in [0.3, 0.4) is 0 Å². The van der Waals surface area contributed by atoms with Crippen LogP contribution in [0, 0.1) is 0 Å². The van der Waals surface area contributed by atoms with Crippen LogP contribution in [0.5, 0.6) is 0 Å². The topological polar surface area (TPSA) is 78.9 Å². The van der Waals surface area contributed by atoms with Crippen molar-refractivity contribution < 1.29 is 4.79 Å². The van der Waals surface area contributed by atoms with Crippen LogP contribution in [0.4, 0.5) is 28.8 Å². The number of hydrogen-bond donors (Lipinski definition) is 3. The maximum atomic E-state index is 11.2. The normalized spacial score (nSPS) is 10.3. The molecule has 6 nitrogen and oxygen atoms in total. The summed E-state index contributed by atoms with van der Waals surface area (Å²) in [5.74, 6) is 0.793. The zero-order valence-corrected chi connectivity index (χ0v) is 15.3. The Bertz CT molecular complexity index is 928. The second-order valence-corrected chi connectivity index (χ2v) is 6.19. The van der Waals surface area contributed by atoms with Crippen LogP contribution < -0.4 is 16.0 Å². The van der Waals surface area contributed by atoms with Crippen LogP contribution in [-0.2, 0) is 4.79 Å². The SMILES string of the molecule is CC(=O)Nc1cccc(Nc2ccnc(Nc3c(Cl)cccc3Cl)n2)c1. The number of aromatic nitrogens is 2. The average molecular weight is 388 g/mol. The van der Waals surface area contributed by atoms with Gasteiger partial charge in [-0.2, -0.15) is 4.98 Å². The van der Waals surface area contributed by atoms with Gasteiger partial charge in [0.1, 0.15) is 5.82 Å². The van der Waals surface area contributed by atoms with Gasteiger partial charge in [-0.05, 0) is 36.4 Å². The van der Waals surface area contributed by atoms with Crippen LogP contribution >= 0.6 is 23.2 Å². The van der Waals surface area contributed by atoms with E-state index in [1.165, 1.54) is 6.92 Å². The predicted octanol–water partition coefficient (Wildman–Crippen LogP) is 5.23. The average Bonchev–Trinajstić information content (AvgIpc) is 2.58. The Morgan fingerprint density at radius 1 is 0.962 bits per heavy atom. The highest BCUT2D eigenvalue weighted by molar-refractivity contribution is 6.39. The molecule has 1 heterocycles. The van der Waals surface area contributed by atoms with Gasteiger partial charge in [-0.1, -0.05) is 35.3 Å². The van der Waals surface area contributed by atoms with Crippen molar-refractivity contribution in [2.45, 2.75) is 6.92 Å². The van der Waals surface area contributed by atoms with Gasteiger partial charge in [-0.3, -0.25) is 4.79 Å². The summed E-state index contributed by atoms with van der Waals surface area (Å²) in [6, 6.07) is 14.3. The smallest absolute Gasteiger partial charge is 0.229 e. The van der Waals surface area contributed by atoms with Crippen LogP contribution in [0.15, 0.2) is 54.7 Å². The van der Waals surface area contributed by atoms with Gasteiger partial charge >= 0.3 is 0 Å². The van der Waals surface area contributed by atoms with Crippen LogP contribution in [0.25, 0.3) is 0 Å². The van der Waals surface area contributed by atoms with Crippen molar-refractivity contribution in [2.75, 3.05) is 16.0 Å². The zero-order valence-electron chi connectivity index (χ0n) is 13.8. The summed E-state index contributed by atoms with van der Waals surface area (Å²) in [5, 5.41) is 9.87. The summed E-state index contributed by atoms with van der Waals surface area (Å²) in [6.07, 6.45) is 1.61. The number of amides is 1. The van der Waals surface area contributed by atoms with Gasteiger partial charge in [0.25, 0.3) is 0 Å². The van der Waals surface area contributed by atoms with Crippen molar-refractivity contribution in [3.8, 4) is 0 Å². The number of rotatable bonds is 5. The first-order chi connectivity index (χ1) is 12.5. The van der Waals surface area contributed by atoms with Gasteiger partial charge in [-0.15, -0.1) is 0 Å². The molecule has 132 valence electrons. The van der Waals surface area contributed by atoms with Gasteiger partial charge in [0, 0.05) is 24.5 Å². The molecule has 0 saturated heterocycles. The predicted molar refractivity (Wildman–Crippen MR) is 106 cm³/mol. The zero-order chi connectivity index (χ0) is 18.5. The Labute approximate surface area is 160 Å². The number of carbonyl (C=O) groups excluding carboxylic acids is 1. The molecule has 3 rings (SSSR count). The number of nitrogens with zero attached hydrogens (tertiary/aromatic N) is 2. The van der Waals surface area contributed by atoms with E-state index >= 15 is 0 Å². The van der Waals surface area contributed by atoms with Crippen molar-refractivity contribution in [1.29, 1.82) is 0 Å². The number of para-hydroxylation sites is 1. The van der Waals surface area contributed by atoms with E-state index in [9.17, 15) is 4.79 Å². The molecule has 0 fully saturated rings. The number of anilines is 5. The minimum absolute atomic E-state index is 0.132.